The van der Waals surface area contributed by atoms with E-state index < -0.39 is 5.97 Å². The Labute approximate surface area is 172 Å². The van der Waals surface area contributed by atoms with Gasteiger partial charge < -0.3 is 18.8 Å². The quantitative estimate of drug-likeness (QED) is 0.540. The topological polar surface area (TPSA) is 81.9 Å². The van der Waals surface area contributed by atoms with Crippen LogP contribution in [0.25, 0.3) is 10.6 Å². The Hall–Kier alpha value is -3.13. The van der Waals surface area contributed by atoms with Gasteiger partial charge in [-0.15, -0.1) is 11.3 Å². The largest absolute Gasteiger partial charge is 0.494 e. The van der Waals surface area contributed by atoms with Gasteiger partial charge in [-0.3, -0.25) is 4.79 Å². The van der Waals surface area contributed by atoms with E-state index in [-0.39, 0.29) is 12.5 Å². The van der Waals surface area contributed by atoms with Gasteiger partial charge in [0.2, 0.25) is 0 Å². The number of aryl methyl sites for hydroxylation is 1. The molecular formula is C21H22N2O5S. The Bertz CT molecular complexity index is 1010. The number of amides is 1. The van der Waals surface area contributed by atoms with Gasteiger partial charge in [-0.05, 0) is 44.2 Å². The number of ether oxygens (including phenoxy) is 2. The Morgan fingerprint density at radius 2 is 1.97 bits per heavy atom. The third kappa shape index (κ3) is 4.65. The minimum Gasteiger partial charge on any atom is -0.494 e. The number of esters is 1. The predicted molar refractivity (Wildman–Crippen MR) is 109 cm³/mol. The summed E-state index contributed by atoms with van der Waals surface area (Å²) in [5.41, 5.74) is 1.64. The zero-order chi connectivity index (χ0) is 21.0. The molecule has 2 heterocycles. The Balaban J connectivity index is 1.70. The van der Waals surface area contributed by atoms with E-state index >= 15 is 0 Å². The van der Waals surface area contributed by atoms with Gasteiger partial charge in [-0.25, -0.2) is 9.78 Å². The number of methoxy groups -OCH3 is 1. The van der Waals surface area contributed by atoms with Crippen LogP contribution in [0.4, 0.5) is 0 Å². The third-order valence-corrected chi connectivity index (χ3v) is 5.14. The lowest BCUT2D eigenvalue weighted by molar-refractivity contribution is 0.0598. The van der Waals surface area contributed by atoms with Gasteiger partial charge in [0.15, 0.2) is 0 Å². The summed E-state index contributed by atoms with van der Waals surface area (Å²) < 4.78 is 15.7. The molecule has 8 heteroatoms. The summed E-state index contributed by atoms with van der Waals surface area (Å²) in [5.74, 6) is 1.06. The van der Waals surface area contributed by atoms with Gasteiger partial charge in [0, 0.05) is 18.0 Å². The van der Waals surface area contributed by atoms with Gasteiger partial charge in [0.1, 0.15) is 33.5 Å². The molecule has 2 aromatic heterocycles. The summed E-state index contributed by atoms with van der Waals surface area (Å²) in [6.45, 7) is 4.44. The maximum Gasteiger partial charge on any atom is 0.341 e. The predicted octanol–water partition coefficient (Wildman–Crippen LogP) is 4.17. The highest BCUT2D eigenvalue weighted by Crippen LogP contribution is 2.26. The standard InChI is InChI=1S/C21H22N2O5S/c1-5-27-15-8-6-14(7-9-15)19-22-18(12-29-19)20(24)23(3)11-16-10-17(13(2)28-16)21(25)26-4/h6-10,12H,5,11H2,1-4H3. The van der Waals surface area contributed by atoms with Gasteiger partial charge in [-0.2, -0.15) is 0 Å². The number of rotatable bonds is 7. The summed E-state index contributed by atoms with van der Waals surface area (Å²) >= 11 is 1.40. The number of carbonyl (C=O) groups excluding carboxylic acids is 2. The number of hydrogen-bond acceptors (Lipinski definition) is 7. The molecule has 0 radical (unpaired) electrons. The second kappa shape index (κ2) is 8.91. The Kier molecular flexibility index (Phi) is 6.33. The molecule has 0 fully saturated rings. The molecule has 3 aromatic rings. The molecule has 7 nitrogen and oxygen atoms in total. The molecule has 0 saturated carbocycles. The van der Waals surface area contributed by atoms with Gasteiger partial charge in [0.25, 0.3) is 5.91 Å². The van der Waals surface area contributed by atoms with Gasteiger partial charge >= 0.3 is 5.97 Å². The molecular weight excluding hydrogens is 392 g/mol. The van der Waals surface area contributed by atoms with Crippen molar-refractivity contribution in [3.63, 3.8) is 0 Å². The Morgan fingerprint density at radius 1 is 1.24 bits per heavy atom. The maximum atomic E-state index is 12.7. The van der Waals surface area contributed by atoms with E-state index in [4.69, 9.17) is 13.9 Å². The minimum atomic E-state index is -0.467. The van der Waals surface area contributed by atoms with Crippen LogP contribution >= 0.6 is 11.3 Å². The highest BCUT2D eigenvalue weighted by molar-refractivity contribution is 7.13. The van der Waals surface area contributed by atoms with Crippen LogP contribution in [-0.2, 0) is 11.3 Å². The fourth-order valence-electron chi connectivity index (χ4n) is 2.80. The van der Waals surface area contributed by atoms with Crippen LogP contribution in [0.15, 0.2) is 40.1 Å². The van der Waals surface area contributed by atoms with Crippen molar-refractivity contribution >= 4 is 23.2 Å². The summed E-state index contributed by atoms with van der Waals surface area (Å²) in [6, 6.07) is 9.19. The smallest absolute Gasteiger partial charge is 0.341 e. The van der Waals surface area contributed by atoms with Crippen molar-refractivity contribution in [3.8, 4) is 16.3 Å². The summed E-state index contributed by atoms with van der Waals surface area (Å²) in [6.07, 6.45) is 0. The van der Waals surface area contributed by atoms with E-state index in [1.54, 1.807) is 25.4 Å². The first-order valence-electron chi connectivity index (χ1n) is 9.04. The first-order valence-corrected chi connectivity index (χ1v) is 9.92. The Morgan fingerprint density at radius 3 is 2.62 bits per heavy atom. The van der Waals surface area contributed by atoms with E-state index in [1.165, 1.54) is 23.3 Å². The number of aromatic nitrogens is 1. The molecule has 1 amide bonds. The molecule has 0 N–H and O–H groups in total. The highest BCUT2D eigenvalue weighted by Gasteiger charge is 2.20. The van der Waals surface area contributed by atoms with Crippen LogP contribution in [0.3, 0.4) is 0 Å². The van der Waals surface area contributed by atoms with Crippen molar-refractivity contribution < 1.29 is 23.5 Å². The van der Waals surface area contributed by atoms with Crippen molar-refractivity contribution in [2.45, 2.75) is 20.4 Å². The molecule has 29 heavy (non-hydrogen) atoms. The summed E-state index contributed by atoms with van der Waals surface area (Å²) in [5, 5.41) is 2.49. The molecule has 0 aliphatic carbocycles. The molecule has 0 aliphatic rings. The van der Waals surface area contributed by atoms with E-state index in [0.717, 1.165) is 16.3 Å². The van der Waals surface area contributed by atoms with E-state index in [1.807, 2.05) is 31.2 Å². The summed E-state index contributed by atoms with van der Waals surface area (Å²) in [4.78, 5) is 30.4. The number of furan rings is 1. The monoisotopic (exact) mass is 414 g/mol. The van der Waals surface area contributed by atoms with Crippen molar-refractivity contribution in [1.82, 2.24) is 9.88 Å². The molecule has 0 saturated heterocycles. The fourth-order valence-corrected chi connectivity index (χ4v) is 3.60. The van der Waals surface area contributed by atoms with Gasteiger partial charge in [0.05, 0.1) is 20.3 Å². The van der Waals surface area contributed by atoms with Gasteiger partial charge in [-0.1, -0.05) is 0 Å². The molecule has 0 bridgehead atoms. The second-order valence-corrected chi connectivity index (χ2v) is 7.19. The number of hydrogen-bond donors (Lipinski definition) is 0. The van der Waals surface area contributed by atoms with E-state index in [2.05, 4.69) is 4.98 Å². The van der Waals surface area contributed by atoms with Crippen LogP contribution in [0.1, 0.15) is 39.3 Å². The molecule has 3 rings (SSSR count). The van der Waals surface area contributed by atoms with Crippen molar-refractivity contribution in [3.05, 3.63) is 58.5 Å². The highest BCUT2D eigenvalue weighted by atomic mass is 32.1. The second-order valence-electron chi connectivity index (χ2n) is 6.33. The average molecular weight is 414 g/mol. The lowest BCUT2D eigenvalue weighted by Gasteiger charge is -2.14. The first kappa shape index (κ1) is 20.6. The van der Waals surface area contributed by atoms with Crippen molar-refractivity contribution in [2.75, 3.05) is 20.8 Å². The number of thiazole rings is 1. The van der Waals surface area contributed by atoms with Crippen LogP contribution < -0.4 is 4.74 Å². The van der Waals surface area contributed by atoms with Crippen LogP contribution in [0.2, 0.25) is 0 Å². The van der Waals surface area contributed by atoms with Crippen molar-refractivity contribution in [1.29, 1.82) is 0 Å². The minimum absolute atomic E-state index is 0.215. The first-order chi connectivity index (χ1) is 13.9. The van der Waals surface area contributed by atoms with Crippen LogP contribution in [0.5, 0.6) is 5.75 Å². The molecule has 0 aliphatic heterocycles. The molecule has 0 atom stereocenters. The average Bonchev–Trinajstić information content (AvgIpc) is 3.34. The zero-order valence-corrected chi connectivity index (χ0v) is 17.5. The number of benzene rings is 1. The number of nitrogens with zero attached hydrogens (tertiary/aromatic N) is 2. The van der Waals surface area contributed by atoms with E-state index in [0.29, 0.717) is 29.4 Å². The fraction of sp³-hybridized carbons (Fsp3) is 0.286. The van der Waals surface area contributed by atoms with Crippen LogP contribution in [-0.4, -0.2) is 42.5 Å². The molecule has 0 unspecified atom stereocenters. The number of carbonyl (C=O) groups is 2. The normalized spacial score (nSPS) is 10.6. The molecule has 152 valence electrons. The lowest BCUT2D eigenvalue weighted by atomic mass is 10.2. The van der Waals surface area contributed by atoms with Crippen LogP contribution in [0, 0.1) is 6.92 Å². The summed E-state index contributed by atoms with van der Waals surface area (Å²) in [7, 11) is 2.97. The lowest BCUT2D eigenvalue weighted by Crippen LogP contribution is -2.26. The SMILES string of the molecule is CCOc1ccc(-c2nc(C(=O)N(C)Cc3cc(C(=O)OC)c(C)o3)cs2)cc1. The third-order valence-electron chi connectivity index (χ3n) is 4.25. The molecule has 1 aromatic carbocycles. The maximum absolute atomic E-state index is 12.7. The molecule has 0 spiro atoms. The van der Waals surface area contributed by atoms with Crippen molar-refractivity contribution in [2.24, 2.45) is 0 Å². The van der Waals surface area contributed by atoms with E-state index in [9.17, 15) is 9.59 Å². The zero-order valence-electron chi connectivity index (χ0n) is 16.7.